The van der Waals surface area contributed by atoms with E-state index >= 15 is 0 Å². The second-order valence-electron chi connectivity index (χ2n) is 3.27. The number of hydrogen-bond donors (Lipinski definition) is 1. The Hall–Kier alpha value is -1.30. The predicted molar refractivity (Wildman–Crippen MR) is 67.9 cm³/mol. The molecule has 98 valence electrons. The normalized spacial score (nSPS) is 9.94. The van der Waals surface area contributed by atoms with E-state index in [1.165, 1.54) is 13.2 Å². The largest absolute Gasteiger partial charge is 0.454 e. The molecule has 1 aromatic rings. The van der Waals surface area contributed by atoms with Crippen LogP contribution >= 0.6 is 23.2 Å². The van der Waals surface area contributed by atoms with Gasteiger partial charge in [-0.15, -0.1) is 0 Å². The van der Waals surface area contributed by atoms with Crippen molar-refractivity contribution in [3.05, 3.63) is 28.2 Å². The molecule has 1 aromatic carbocycles. The van der Waals surface area contributed by atoms with Crippen LogP contribution in [0.3, 0.4) is 0 Å². The maximum Gasteiger partial charge on any atom is 0.332 e. The lowest BCUT2D eigenvalue weighted by molar-refractivity contribution is -0.150. The van der Waals surface area contributed by atoms with Gasteiger partial charge in [-0.1, -0.05) is 23.2 Å². The number of carbonyl (C=O) groups is 2. The summed E-state index contributed by atoms with van der Waals surface area (Å²) in [5.74, 6) is -1.13. The van der Waals surface area contributed by atoms with Crippen LogP contribution in [-0.4, -0.2) is 32.2 Å². The quantitative estimate of drug-likeness (QED) is 0.844. The number of hydrogen-bond acceptors (Lipinski definition) is 4. The van der Waals surface area contributed by atoms with Gasteiger partial charge in [-0.3, -0.25) is 4.79 Å². The van der Waals surface area contributed by atoms with Crippen molar-refractivity contribution < 1.29 is 19.1 Å². The highest BCUT2D eigenvalue weighted by molar-refractivity contribution is 6.35. The predicted octanol–water partition coefficient (Wildman–Crippen LogP) is 2.12. The van der Waals surface area contributed by atoms with Crippen molar-refractivity contribution in [1.82, 2.24) is 0 Å². The molecule has 0 bridgehead atoms. The van der Waals surface area contributed by atoms with Gasteiger partial charge < -0.3 is 14.8 Å². The monoisotopic (exact) mass is 291 g/mol. The summed E-state index contributed by atoms with van der Waals surface area (Å²) in [5, 5.41) is 3.25. The molecule has 0 fully saturated rings. The Kier molecular flexibility index (Phi) is 5.91. The van der Waals surface area contributed by atoms with Crippen LogP contribution in [0.15, 0.2) is 18.2 Å². The van der Waals surface area contributed by atoms with Crippen molar-refractivity contribution in [2.24, 2.45) is 0 Å². The van der Waals surface area contributed by atoms with Crippen LogP contribution in [-0.2, 0) is 19.1 Å². The van der Waals surface area contributed by atoms with Gasteiger partial charge in [0, 0.05) is 12.1 Å². The Balaban J connectivity index is 2.49. The Morgan fingerprint density at radius 3 is 2.67 bits per heavy atom. The lowest BCUT2D eigenvalue weighted by Crippen LogP contribution is -2.22. The number of esters is 1. The molecule has 5 nitrogen and oxygen atoms in total. The van der Waals surface area contributed by atoms with Crippen molar-refractivity contribution in [2.45, 2.75) is 0 Å². The maximum atomic E-state index is 11.5. The molecule has 1 amide bonds. The number of amides is 1. The minimum atomic E-state index is -0.621. The number of carbonyl (C=O) groups excluding carboxylic acids is 2. The van der Waals surface area contributed by atoms with Crippen LogP contribution in [0.25, 0.3) is 0 Å². The molecule has 1 rings (SSSR count). The van der Waals surface area contributed by atoms with E-state index in [1.54, 1.807) is 12.1 Å². The standard InChI is InChI=1S/C11H11Cl2NO4/c1-17-6-11(16)18-5-10(15)14-9-4-7(12)2-3-8(9)13/h2-4H,5-6H2,1H3,(H,14,15). The zero-order valence-electron chi connectivity index (χ0n) is 9.54. The van der Waals surface area contributed by atoms with Gasteiger partial charge in [0.2, 0.25) is 0 Å². The topological polar surface area (TPSA) is 64.6 Å². The lowest BCUT2D eigenvalue weighted by Gasteiger charge is -2.08. The first-order chi connectivity index (χ1) is 8.52. The second kappa shape index (κ2) is 7.20. The van der Waals surface area contributed by atoms with Gasteiger partial charge in [0.05, 0.1) is 10.7 Å². The zero-order valence-corrected chi connectivity index (χ0v) is 11.0. The fourth-order valence-electron chi connectivity index (χ4n) is 1.09. The molecule has 1 N–H and O–H groups in total. The Morgan fingerprint density at radius 2 is 2.00 bits per heavy atom. The average molecular weight is 292 g/mol. The number of benzene rings is 1. The molecule has 0 aliphatic rings. The summed E-state index contributed by atoms with van der Waals surface area (Å²) in [6.07, 6.45) is 0. The highest BCUT2D eigenvalue weighted by atomic mass is 35.5. The molecule has 0 aromatic heterocycles. The molecule has 7 heteroatoms. The Labute approximate surface area is 114 Å². The van der Waals surface area contributed by atoms with Crippen LogP contribution in [0.2, 0.25) is 10.0 Å². The van der Waals surface area contributed by atoms with Gasteiger partial charge in [0.15, 0.2) is 6.61 Å². The molecule has 0 radical (unpaired) electrons. The van der Waals surface area contributed by atoms with Gasteiger partial charge in [-0.2, -0.15) is 0 Å². The van der Waals surface area contributed by atoms with Crippen molar-refractivity contribution in [3.8, 4) is 0 Å². The van der Waals surface area contributed by atoms with E-state index in [0.717, 1.165) is 0 Å². The van der Waals surface area contributed by atoms with Crippen LogP contribution in [0.1, 0.15) is 0 Å². The third-order valence-corrected chi connectivity index (χ3v) is 2.39. The number of anilines is 1. The number of nitrogens with one attached hydrogen (secondary N) is 1. The first kappa shape index (κ1) is 14.8. The number of halogens is 2. The molecule has 0 saturated heterocycles. The minimum absolute atomic E-state index is 0.203. The fraction of sp³-hybridized carbons (Fsp3) is 0.273. The van der Waals surface area contributed by atoms with Crippen LogP contribution in [0.5, 0.6) is 0 Å². The molecular formula is C11H11Cl2NO4. The summed E-state index contributed by atoms with van der Waals surface area (Å²) in [7, 11) is 1.35. The van der Waals surface area contributed by atoms with E-state index in [0.29, 0.717) is 15.7 Å². The van der Waals surface area contributed by atoms with Gasteiger partial charge in [-0.25, -0.2) is 4.79 Å². The molecule has 18 heavy (non-hydrogen) atoms. The van der Waals surface area contributed by atoms with E-state index in [9.17, 15) is 9.59 Å². The second-order valence-corrected chi connectivity index (χ2v) is 4.11. The third-order valence-electron chi connectivity index (χ3n) is 1.83. The van der Waals surface area contributed by atoms with Gasteiger partial charge in [-0.05, 0) is 18.2 Å². The van der Waals surface area contributed by atoms with E-state index < -0.39 is 18.5 Å². The molecule has 0 spiro atoms. The number of rotatable bonds is 5. The van der Waals surface area contributed by atoms with Crippen LogP contribution < -0.4 is 5.32 Å². The maximum absolute atomic E-state index is 11.5. The summed E-state index contributed by atoms with van der Waals surface area (Å²) < 4.78 is 9.18. The summed E-state index contributed by atoms with van der Waals surface area (Å²) in [5.41, 5.74) is 0.358. The van der Waals surface area contributed by atoms with Crippen molar-refractivity contribution in [1.29, 1.82) is 0 Å². The highest BCUT2D eigenvalue weighted by Gasteiger charge is 2.09. The summed E-state index contributed by atoms with van der Waals surface area (Å²) in [4.78, 5) is 22.4. The van der Waals surface area contributed by atoms with Gasteiger partial charge in [0.25, 0.3) is 5.91 Å². The first-order valence-electron chi connectivity index (χ1n) is 4.92. The van der Waals surface area contributed by atoms with Crippen LogP contribution in [0.4, 0.5) is 5.69 Å². The molecule has 0 aliphatic carbocycles. The summed E-state index contributed by atoms with van der Waals surface area (Å²) in [6, 6.07) is 4.65. The first-order valence-corrected chi connectivity index (χ1v) is 5.68. The van der Waals surface area contributed by atoms with E-state index in [-0.39, 0.29) is 6.61 Å². The van der Waals surface area contributed by atoms with E-state index in [4.69, 9.17) is 23.2 Å². The van der Waals surface area contributed by atoms with E-state index in [1.807, 2.05) is 0 Å². The average Bonchev–Trinajstić information content (AvgIpc) is 2.32. The molecule has 0 unspecified atom stereocenters. The van der Waals surface area contributed by atoms with Crippen molar-refractivity contribution >= 4 is 40.8 Å². The Bertz CT molecular complexity index is 451. The summed E-state index contributed by atoms with van der Waals surface area (Å²) >= 11 is 11.6. The van der Waals surface area contributed by atoms with Crippen molar-refractivity contribution in [2.75, 3.05) is 25.6 Å². The summed E-state index contributed by atoms with van der Waals surface area (Å²) in [6.45, 7) is -0.615. The molecule has 0 aliphatic heterocycles. The van der Waals surface area contributed by atoms with Crippen LogP contribution in [0, 0.1) is 0 Å². The SMILES string of the molecule is COCC(=O)OCC(=O)Nc1cc(Cl)ccc1Cl. The Morgan fingerprint density at radius 1 is 1.28 bits per heavy atom. The molecule has 0 atom stereocenters. The molecule has 0 heterocycles. The lowest BCUT2D eigenvalue weighted by atomic mass is 10.3. The van der Waals surface area contributed by atoms with Gasteiger partial charge in [0.1, 0.15) is 6.61 Å². The van der Waals surface area contributed by atoms with Crippen molar-refractivity contribution in [3.63, 3.8) is 0 Å². The molecule has 0 saturated carbocycles. The number of methoxy groups -OCH3 is 1. The molecular weight excluding hydrogens is 281 g/mol. The van der Waals surface area contributed by atoms with Gasteiger partial charge >= 0.3 is 5.97 Å². The third kappa shape index (κ3) is 4.91. The smallest absolute Gasteiger partial charge is 0.332 e. The van der Waals surface area contributed by atoms with E-state index in [2.05, 4.69) is 14.8 Å². The zero-order chi connectivity index (χ0) is 13.5. The number of ether oxygens (including phenoxy) is 2. The fourth-order valence-corrected chi connectivity index (χ4v) is 1.42. The highest BCUT2D eigenvalue weighted by Crippen LogP contribution is 2.25. The minimum Gasteiger partial charge on any atom is -0.454 e.